The largest absolute Gasteiger partial charge is 0.382 e. The fraction of sp³-hybridized carbons (Fsp3) is 0.333. The normalized spacial score (nSPS) is 22.3. The van der Waals surface area contributed by atoms with E-state index in [0.717, 1.165) is 39.2 Å². The Morgan fingerprint density at radius 3 is 2.68 bits per heavy atom. The smallest absolute Gasteiger partial charge is 0.159 e. The van der Waals surface area contributed by atoms with Crippen molar-refractivity contribution in [2.75, 3.05) is 0 Å². The topological polar surface area (TPSA) is 79.4 Å². The highest BCUT2D eigenvalue weighted by Crippen LogP contribution is 2.59. The third-order valence-electron chi connectivity index (χ3n) is 8.07. The predicted molar refractivity (Wildman–Crippen MR) is 147 cm³/mol. The van der Waals surface area contributed by atoms with Crippen molar-refractivity contribution in [2.24, 2.45) is 11.3 Å². The Balaban J connectivity index is 1.20. The van der Waals surface area contributed by atoms with Crippen molar-refractivity contribution in [3.8, 4) is 17.5 Å². The minimum atomic E-state index is 0.469. The average Bonchev–Trinajstić information content (AvgIpc) is 3.26. The molecule has 2 aliphatic rings. The summed E-state index contributed by atoms with van der Waals surface area (Å²) in [6.07, 6.45) is 12.0. The molecule has 1 spiro atoms. The molecule has 6 nitrogen and oxygen atoms in total. The number of aromatic nitrogens is 4. The van der Waals surface area contributed by atoms with E-state index in [-0.39, 0.29) is 0 Å². The standard InChI is InChI=1S/C30H29ClN6/c1-3-20-10-30(11-20)12-26(13-30)36-19(2)27-9-25(31)8-24-17-35-37(28(24)27)18-22-15-33-29(34-16-22)23-6-4-5-21(7-23)14-32/h4-9,15-17,20,26,36H,2-3,10-13,18H2,1H3. The highest BCUT2D eigenvalue weighted by atomic mass is 35.5. The molecule has 0 bridgehead atoms. The number of hydrogen-bond acceptors (Lipinski definition) is 5. The van der Waals surface area contributed by atoms with Gasteiger partial charge in [-0.2, -0.15) is 10.4 Å². The third kappa shape index (κ3) is 4.49. The SMILES string of the molecule is C=C(NC1CC2(CC(CC)C2)C1)c1cc(Cl)cc2cnn(Cc3cnc(-c4cccc(C#N)c4)nc3)c12. The molecule has 0 amide bonds. The molecule has 0 atom stereocenters. The van der Waals surface area contributed by atoms with Crippen molar-refractivity contribution in [3.05, 3.63) is 83.3 Å². The molecule has 0 radical (unpaired) electrons. The summed E-state index contributed by atoms with van der Waals surface area (Å²) in [5.74, 6) is 1.51. The molecule has 2 heterocycles. The van der Waals surface area contributed by atoms with E-state index in [0.29, 0.717) is 34.4 Å². The first-order valence-electron chi connectivity index (χ1n) is 12.9. The van der Waals surface area contributed by atoms with Crippen molar-refractivity contribution in [1.82, 2.24) is 25.1 Å². The molecule has 0 saturated heterocycles. The molecule has 2 fully saturated rings. The van der Waals surface area contributed by atoms with Crippen LogP contribution in [0, 0.1) is 22.7 Å². The third-order valence-corrected chi connectivity index (χ3v) is 8.29. The molecule has 0 aliphatic heterocycles. The van der Waals surface area contributed by atoms with Crippen LogP contribution in [0.5, 0.6) is 0 Å². The number of hydrogen-bond donors (Lipinski definition) is 1. The fourth-order valence-corrected chi connectivity index (χ4v) is 6.46. The van der Waals surface area contributed by atoms with Crippen LogP contribution in [-0.2, 0) is 6.54 Å². The lowest BCUT2D eigenvalue weighted by Gasteiger charge is -2.58. The molecule has 186 valence electrons. The van der Waals surface area contributed by atoms with E-state index in [1.165, 1.54) is 32.1 Å². The zero-order valence-electron chi connectivity index (χ0n) is 20.9. The van der Waals surface area contributed by atoms with Gasteiger partial charge in [-0.25, -0.2) is 9.97 Å². The minimum Gasteiger partial charge on any atom is -0.382 e. The van der Waals surface area contributed by atoms with Crippen molar-refractivity contribution >= 4 is 28.2 Å². The number of halogens is 1. The van der Waals surface area contributed by atoms with Crippen molar-refractivity contribution < 1.29 is 0 Å². The maximum atomic E-state index is 9.16. The van der Waals surface area contributed by atoms with Gasteiger partial charge in [0.05, 0.1) is 29.9 Å². The number of rotatable bonds is 7. The zero-order chi connectivity index (χ0) is 25.6. The zero-order valence-corrected chi connectivity index (χ0v) is 21.7. The van der Waals surface area contributed by atoms with Crippen LogP contribution >= 0.6 is 11.6 Å². The molecular weight excluding hydrogens is 480 g/mol. The van der Waals surface area contributed by atoms with E-state index in [2.05, 4.69) is 40.0 Å². The summed E-state index contributed by atoms with van der Waals surface area (Å²) < 4.78 is 1.96. The van der Waals surface area contributed by atoms with Crippen LogP contribution in [0.4, 0.5) is 0 Å². The Kier molecular flexibility index (Phi) is 5.97. The summed E-state index contributed by atoms with van der Waals surface area (Å²) in [6.45, 7) is 7.21. The summed E-state index contributed by atoms with van der Waals surface area (Å²) in [4.78, 5) is 9.08. The second-order valence-corrected chi connectivity index (χ2v) is 11.1. The summed E-state index contributed by atoms with van der Waals surface area (Å²) in [5.41, 5.74) is 5.78. The minimum absolute atomic E-state index is 0.469. The van der Waals surface area contributed by atoms with Gasteiger partial charge in [-0.05, 0) is 61.3 Å². The van der Waals surface area contributed by atoms with Crippen molar-refractivity contribution in [2.45, 2.75) is 51.6 Å². The summed E-state index contributed by atoms with van der Waals surface area (Å²) in [6, 6.07) is 13.9. The quantitative estimate of drug-likeness (QED) is 0.304. The molecular formula is C30H29ClN6. The van der Waals surface area contributed by atoms with Gasteiger partial charge in [0, 0.05) is 51.2 Å². The Bertz CT molecular complexity index is 1520. The maximum absolute atomic E-state index is 9.16. The van der Waals surface area contributed by atoms with E-state index >= 15 is 0 Å². The van der Waals surface area contributed by atoms with E-state index in [1.54, 1.807) is 12.1 Å². The molecule has 2 aromatic heterocycles. The van der Waals surface area contributed by atoms with Crippen molar-refractivity contribution in [1.29, 1.82) is 5.26 Å². The predicted octanol–water partition coefficient (Wildman–Crippen LogP) is 6.60. The number of nitrogens with one attached hydrogen (secondary N) is 1. The molecule has 1 N–H and O–H groups in total. The fourth-order valence-electron chi connectivity index (χ4n) is 6.23. The van der Waals surface area contributed by atoms with E-state index in [9.17, 15) is 0 Å². The summed E-state index contributed by atoms with van der Waals surface area (Å²) >= 11 is 6.48. The molecule has 2 aromatic carbocycles. The van der Waals surface area contributed by atoms with Gasteiger partial charge in [0.15, 0.2) is 5.82 Å². The van der Waals surface area contributed by atoms with Crippen LogP contribution in [0.2, 0.25) is 5.02 Å². The van der Waals surface area contributed by atoms with E-state index < -0.39 is 0 Å². The van der Waals surface area contributed by atoms with Crippen molar-refractivity contribution in [3.63, 3.8) is 0 Å². The number of fused-ring (bicyclic) bond motifs is 1. The summed E-state index contributed by atoms with van der Waals surface area (Å²) in [7, 11) is 0. The first-order valence-corrected chi connectivity index (χ1v) is 13.3. The summed E-state index contributed by atoms with van der Waals surface area (Å²) in [5, 5.41) is 19.1. The van der Waals surface area contributed by atoms with Crippen LogP contribution in [0.25, 0.3) is 28.0 Å². The number of benzene rings is 2. The Morgan fingerprint density at radius 2 is 1.95 bits per heavy atom. The van der Waals surface area contributed by atoms with E-state index in [4.69, 9.17) is 16.9 Å². The lowest BCUT2D eigenvalue weighted by molar-refractivity contribution is -0.0460. The van der Waals surface area contributed by atoms with Gasteiger partial charge in [-0.3, -0.25) is 4.68 Å². The van der Waals surface area contributed by atoms with E-state index in [1.807, 2.05) is 47.5 Å². The van der Waals surface area contributed by atoms with Gasteiger partial charge in [0.25, 0.3) is 0 Å². The Labute approximate surface area is 222 Å². The van der Waals surface area contributed by atoms with Gasteiger partial charge in [0.2, 0.25) is 0 Å². The second-order valence-electron chi connectivity index (χ2n) is 10.7. The van der Waals surface area contributed by atoms with Crippen LogP contribution in [-0.4, -0.2) is 25.8 Å². The molecule has 2 aliphatic carbocycles. The molecule has 7 heteroatoms. The molecule has 2 saturated carbocycles. The molecule has 37 heavy (non-hydrogen) atoms. The lowest BCUT2D eigenvalue weighted by Crippen LogP contribution is -2.54. The average molecular weight is 509 g/mol. The van der Waals surface area contributed by atoms with Crippen LogP contribution in [0.15, 0.2) is 61.6 Å². The Morgan fingerprint density at radius 1 is 1.16 bits per heavy atom. The van der Waals surface area contributed by atoms with Crippen LogP contribution < -0.4 is 5.32 Å². The monoisotopic (exact) mass is 508 g/mol. The number of nitriles is 1. The van der Waals surface area contributed by atoms with Gasteiger partial charge >= 0.3 is 0 Å². The molecule has 0 unspecified atom stereocenters. The lowest BCUT2D eigenvalue weighted by atomic mass is 9.49. The van der Waals surface area contributed by atoms with Gasteiger partial charge in [-0.1, -0.05) is 43.7 Å². The molecule has 4 aromatic rings. The Hall–Kier alpha value is -3.69. The maximum Gasteiger partial charge on any atom is 0.159 e. The molecule has 6 rings (SSSR count). The highest BCUT2D eigenvalue weighted by molar-refractivity contribution is 6.31. The van der Waals surface area contributed by atoms with Gasteiger partial charge in [0.1, 0.15) is 0 Å². The first-order chi connectivity index (χ1) is 17.9. The van der Waals surface area contributed by atoms with Gasteiger partial charge in [-0.15, -0.1) is 0 Å². The van der Waals surface area contributed by atoms with Crippen LogP contribution in [0.1, 0.15) is 55.7 Å². The second kappa shape index (κ2) is 9.32. The first kappa shape index (κ1) is 23.7. The van der Waals surface area contributed by atoms with Crippen LogP contribution in [0.3, 0.4) is 0 Å². The number of nitrogens with zero attached hydrogens (tertiary/aromatic N) is 5. The van der Waals surface area contributed by atoms with Gasteiger partial charge < -0.3 is 5.32 Å². The highest BCUT2D eigenvalue weighted by Gasteiger charge is 2.52.